The Bertz CT molecular complexity index is 468. The lowest BCUT2D eigenvalue weighted by molar-refractivity contribution is -0.131. The monoisotopic (exact) mass is 338 g/mol. The van der Waals surface area contributed by atoms with Gasteiger partial charge in [-0.3, -0.25) is 4.79 Å². The second-order valence-corrected chi connectivity index (χ2v) is 6.28. The molecule has 3 nitrogen and oxygen atoms in total. The number of piperazine rings is 1. The molecule has 1 amide bonds. The van der Waals surface area contributed by atoms with E-state index in [9.17, 15) is 4.79 Å². The zero-order chi connectivity index (χ0) is 14.5. The van der Waals surface area contributed by atoms with Crippen LogP contribution in [0.5, 0.6) is 0 Å². The number of rotatable bonds is 4. The third-order valence-electron chi connectivity index (χ3n) is 3.82. The molecule has 110 valence electrons. The number of aryl methyl sites for hydroxylation is 1. The van der Waals surface area contributed by atoms with E-state index in [1.165, 1.54) is 11.3 Å². The van der Waals surface area contributed by atoms with Gasteiger partial charge in [-0.15, -0.1) is 0 Å². The standard InChI is InChI=1S/C16H23BrN2O/c1-3-4-5-16(20)19-10-8-18(9-11-19)15-7-6-13(2)12-14(15)17/h6-7,12H,3-5,8-11H2,1-2H3. The highest BCUT2D eigenvalue weighted by Gasteiger charge is 2.21. The molecule has 1 aliphatic rings. The normalized spacial score (nSPS) is 15.6. The van der Waals surface area contributed by atoms with Crippen molar-refractivity contribution in [3.8, 4) is 0 Å². The van der Waals surface area contributed by atoms with Crippen LogP contribution < -0.4 is 4.90 Å². The maximum atomic E-state index is 12.0. The summed E-state index contributed by atoms with van der Waals surface area (Å²) in [5.74, 6) is 0.314. The predicted molar refractivity (Wildman–Crippen MR) is 87.2 cm³/mol. The van der Waals surface area contributed by atoms with Gasteiger partial charge in [-0.2, -0.15) is 0 Å². The molecule has 0 unspecified atom stereocenters. The Morgan fingerprint density at radius 3 is 2.55 bits per heavy atom. The lowest BCUT2D eigenvalue weighted by Crippen LogP contribution is -2.48. The first-order valence-electron chi connectivity index (χ1n) is 7.40. The van der Waals surface area contributed by atoms with E-state index >= 15 is 0 Å². The van der Waals surface area contributed by atoms with Crippen LogP contribution in [-0.4, -0.2) is 37.0 Å². The van der Waals surface area contributed by atoms with E-state index in [1.54, 1.807) is 0 Å². The number of anilines is 1. The lowest BCUT2D eigenvalue weighted by Gasteiger charge is -2.36. The minimum atomic E-state index is 0.314. The van der Waals surface area contributed by atoms with Crippen molar-refractivity contribution in [3.63, 3.8) is 0 Å². The third kappa shape index (κ3) is 3.75. The van der Waals surface area contributed by atoms with Gasteiger partial charge in [0.2, 0.25) is 5.91 Å². The molecule has 1 fully saturated rings. The van der Waals surface area contributed by atoms with Gasteiger partial charge in [-0.25, -0.2) is 0 Å². The van der Waals surface area contributed by atoms with Gasteiger partial charge in [0, 0.05) is 37.1 Å². The summed E-state index contributed by atoms with van der Waals surface area (Å²) in [6.07, 6.45) is 2.79. The van der Waals surface area contributed by atoms with E-state index in [-0.39, 0.29) is 0 Å². The Morgan fingerprint density at radius 1 is 1.25 bits per heavy atom. The fourth-order valence-corrected chi connectivity index (χ4v) is 3.30. The first kappa shape index (κ1) is 15.4. The minimum Gasteiger partial charge on any atom is -0.367 e. The van der Waals surface area contributed by atoms with Crippen LogP contribution in [0.1, 0.15) is 31.7 Å². The van der Waals surface area contributed by atoms with Crippen molar-refractivity contribution >= 4 is 27.5 Å². The molecule has 1 aromatic rings. The summed E-state index contributed by atoms with van der Waals surface area (Å²) < 4.78 is 1.14. The largest absolute Gasteiger partial charge is 0.367 e. The molecule has 0 saturated carbocycles. The number of halogens is 1. The zero-order valence-electron chi connectivity index (χ0n) is 12.4. The minimum absolute atomic E-state index is 0.314. The molecular weight excluding hydrogens is 316 g/mol. The Labute approximate surface area is 130 Å². The average Bonchev–Trinajstić information content (AvgIpc) is 2.45. The number of unbranched alkanes of at least 4 members (excludes halogenated alkanes) is 1. The van der Waals surface area contributed by atoms with Gasteiger partial charge >= 0.3 is 0 Å². The van der Waals surface area contributed by atoms with Crippen LogP contribution in [0, 0.1) is 6.92 Å². The van der Waals surface area contributed by atoms with E-state index in [0.717, 1.165) is 43.5 Å². The van der Waals surface area contributed by atoms with Crippen molar-refractivity contribution in [2.75, 3.05) is 31.1 Å². The molecule has 0 N–H and O–H groups in total. The van der Waals surface area contributed by atoms with Gasteiger partial charge in [0.15, 0.2) is 0 Å². The molecule has 2 rings (SSSR count). The molecule has 1 heterocycles. The SMILES string of the molecule is CCCCC(=O)N1CCN(c2ccc(C)cc2Br)CC1. The zero-order valence-corrected chi connectivity index (χ0v) is 13.9. The van der Waals surface area contributed by atoms with Crippen LogP contribution in [0.25, 0.3) is 0 Å². The van der Waals surface area contributed by atoms with Gasteiger partial charge in [-0.05, 0) is 47.0 Å². The second kappa shape index (κ2) is 7.11. The summed E-state index contributed by atoms with van der Waals surface area (Å²) >= 11 is 3.64. The van der Waals surface area contributed by atoms with Crippen molar-refractivity contribution in [1.82, 2.24) is 4.90 Å². The average molecular weight is 339 g/mol. The van der Waals surface area contributed by atoms with Crippen LogP contribution in [0.2, 0.25) is 0 Å². The molecule has 0 atom stereocenters. The van der Waals surface area contributed by atoms with Crippen LogP contribution in [0.4, 0.5) is 5.69 Å². The smallest absolute Gasteiger partial charge is 0.222 e. The number of nitrogens with zero attached hydrogens (tertiary/aromatic N) is 2. The molecule has 1 aromatic carbocycles. The number of hydrogen-bond donors (Lipinski definition) is 0. The summed E-state index contributed by atoms with van der Waals surface area (Å²) in [6, 6.07) is 6.45. The molecule has 20 heavy (non-hydrogen) atoms. The Hall–Kier alpha value is -1.03. The summed E-state index contributed by atoms with van der Waals surface area (Å²) in [4.78, 5) is 16.4. The number of carbonyl (C=O) groups is 1. The van der Waals surface area contributed by atoms with Gasteiger partial charge in [0.25, 0.3) is 0 Å². The number of hydrogen-bond acceptors (Lipinski definition) is 2. The highest BCUT2D eigenvalue weighted by molar-refractivity contribution is 9.10. The fourth-order valence-electron chi connectivity index (χ4n) is 2.55. The molecule has 0 bridgehead atoms. The van der Waals surface area contributed by atoms with Gasteiger partial charge in [0.1, 0.15) is 0 Å². The van der Waals surface area contributed by atoms with Crippen molar-refractivity contribution in [1.29, 1.82) is 0 Å². The topological polar surface area (TPSA) is 23.6 Å². The maximum absolute atomic E-state index is 12.0. The molecule has 0 aliphatic carbocycles. The van der Waals surface area contributed by atoms with E-state index < -0.39 is 0 Å². The lowest BCUT2D eigenvalue weighted by atomic mass is 10.2. The molecule has 0 radical (unpaired) electrons. The second-order valence-electron chi connectivity index (χ2n) is 5.43. The maximum Gasteiger partial charge on any atom is 0.222 e. The van der Waals surface area contributed by atoms with E-state index in [0.29, 0.717) is 12.3 Å². The summed E-state index contributed by atoms with van der Waals surface area (Å²) in [5.41, 5.74) is 2.49. The molecule has 0 spiro atoms. The van der Waals surface area contributed by atoms with Crippen molar-refractivity contribution in [3.05, 3.63) is 28.2 Å². The third-order valence-corrected chi connectivity index (χ3v) is 4.46. The van der Waals surface area contributed by atoms with Crippen molar-refractivity contribution in [2.24, 2.45) is 0 Å². The molecule has 0 aromatic heterocycles. The van der Waals surface area contributed by atoms with E-state index in [4.69, 9.17) is 0 Å². The Kier molecular flexibility index (Phi) is 5.46. The number of amides is 1. The Balaban J connectivity index is 1.92. The van der Waals surface area contributed by atoms with Crippen LogP contribution in [-0.2, 0) is 4.79 Å². The summed E-state index contributed by atoms with van der Waals surface area (Å²) in [5, 5.41) is 0. The van der Waals surface area contributed by atoms with Gasteiger partial charge in [0.05, 0.1) is 5.69 Å². The molecule has 1 aliphatic heterocycles. The number of carbonyl (C=O) groups excluding carboxylic acids is 1. The van der Waals surface area contributed by atoms with Crippen LogP contribution in [0.3, 0.4) is 0 Å². The van der Waals surface area contributed by atoms with E-state index in [2.05, 4.69) is 52.9 Å². The number of benzene rings is 1. The van der Waals surface area contributed by atoms with Gasteiger partial charge < -0.3 is 9.80 Å². The molecule has 4 heteroatoms. The van der Waals surface area contributed by atoms with Crippen LogP contribution in [0.15, 0.2) is 22.7 Å². The van der Waals surface area contributed by atoms with Crippen molar-refractivity contribution < 1.29 is 4.79 Å². The van der Waals surface area contributed by atoms with Crippen molar-refractivity contribution in [2.45, 2.75) is 33.1 Å². The highest BCUT2D eigenvalue weighted by Crippen LogP contribution is 2.28. The molecule has 1 saturated heterocycles. The summed E-state index contributed by atoms with van der Waals surface area (Å²) in [7, 11) is 0. The Morgan fingerprint density at radius 2 is 1.95 bits per heavy atom. The summed E-state index contributed by atoms with van der Waals surface area (Å²) in [6.45, 7) is 7.73. The quantitative estimate of drug-likeness (QED) is 0.837. The highest BCUT2D eigenvalue weighted by atomic mass is 79.9. The fraction of sp³-hybridized carbons (Fsp3) is 0.562. The first-order chi connectivity index (χ1) is 9.61. The van der Waals surface area contributed by atoms with Crippen LogP contribution >= 0.6 is 15.9 Å². The predicted octanol–water partition coefficient (Wildman–Crippen LogP) is 3.60. The van der Waals surface area contributed by atoms with E-state index in [1.807, 2.05) is 4.90 Å². The van der Waals surface area contributed by atoms with Gasteiger partial charge in [-0.1, -0.05) is 19.4 Å². The molecular formula is C16H23BrN2O. The first-order valence-corrected chi connectivity index (χ1v) is 8.20.